The highest BCUT2D eigenvalue weighted by Gasteiger charge is 2.06. The van der Waals surface area contributed by atoms with Gasteiger partial charge in [-0.15, -0.1) is 23.5 Å². The van der Waals surface area contributed by atoms with Gasteiger partial charge in [0, 0.05) is 38.6 Å². The Balaban J connectivity index is 0.000000201. The van der Waals surface area contributed by atoms with E-state index in [1.54, 1.807) is 42.3 Å². The lowest BCUT2D eigenvalue weighted by atomic mass is 10.1. The van der Waals surface area contributed by atoms with Gasteiger partial charge in [-0.05, 0) is 47.2 Å². The molecule has 0 radical (unpaired) electrons. The highest BCUT2D eigenvalue weighted by molar-refractivity contribution is 7.99. The van der Waals surface area contributed by atoms with E-state index in [0.29, 0.717) is 0 Å². The van der Waals surface area contributed by atoms with Gasteiger partial charge in [0.2, 0.25) is 0 Å². The molecule has 2 heterocycles. The number of furan rings is 2. The number of fused-ring (bicyclic) bond motifs is 2. The van der Waals surface area contributed by atoms with Crippen molar-refractivity contribution in [2.24, 2.45) is 0 Å². The Morgan fingerprint density at radius 2 is 1.21 bits per heavy atom. The third-order valence-electron chi connectivity index (χ3n) is 5.90. The Kier molecular flexibility index (Phi) is 15.3. The minimum Gasteiger partial charge on any atom is -1.00 e. The van der Waals surface area contributed by atoms with Crippen molar-refractivity contribution >= 4 is 68.3 Å². The molecule has 220 valence electrons. The van der Waals surface area contributed by atoms with Crippen LogP contribution in [0.2, 0.25) is 10.0 Å². The van der Waals surface area contributed by atoms with Crippen LogP contribution < -0.4 is 23.5 Å². The average Bonchev–Trinajstić information content (AvgIpc) is 3.76. The number of benzene rings is 4. The standard InChI is InChI=1S/C17H16ClNOS.C12H12ClNS.C4H4O.ClH/c18-17-15-6-2-1-4-13(15)7-8-16(17)21-11-9-19-12-14-5-3-10-20-14;13-12-10-4-2-1-3-9(10)5-6-11(12)15-8-7-14;1-2-4-5-3-1;/h1-8,10,19H,9,11-12H2;1-6H,7-8,14H2;1-4H;1H. The summed E-state index contributed by atoms with van der Waals surface area (Å²) in [6.07, 6.45) is 4.95. The summed E-state index contributed by atoms with van der Waals surface area (Å²) in [6.45, 7) is 2.60. The number of nitrogens with one attached hydrogen (secondary N) is 1. The molecule has 4 aromatic carbocycles. The first kappa shape index (κ1) is 33.9. The highest BCUT2D eigenvalue weighted by atomic mass is 35.5. The van der Waals surface area contributed by atoms with Crippen molar-refractivity contribution in [2.45, 2.75) is 16.3 Å². The number of hydrogen-bond donors (Lipinski definition) is 2. The fourth-order valence-corrected chi connectivity index (χ4v) is 6.35. The van der Waals surface area contributed by atoms with Gasteiger partial charge in [0.1, 0.15) is 5.76 Å². The van der Waals surface area contributed by atoms with E-state index in [4.69, 9.17) is 27.6 Å². The summed E-state index contributed by atoms with van der Waals surface area (Å²) in [5.74, 6) is 2.94. The number of thioether (sulfide) groups is 2. The largest absolute Gasteiger partial charge is 1.00 e. The lowest BCUT2D eigenvalue weighted by molar-refractivity contribution is -0.360. The van der Waals surface area contributed by atoms with Crippen LogP contribution in [0.1, 0.15) is 5.76 Å². The zero-order chi connectivity index (χ0) is 28.7. The number of hydrogen-bond acceptors (Lipinski definition) is 5. The maximum absolute atomic E-state index is 6.48. The SMILES string of the molecule is Clc1c(SCCNCc2ccco2)ccc2ccccc12.[Cl-].[NH3+]CCSc1ccc2ccccc2c1Cl.c1ccoc1. The maximum Gasteiger partial charge on any atom is 0.117 e. The van der Waals surface area contributed by atoms with Crippen LogP contribution in [-0.4, -0.2) is 24.6 Å². The number of quaternary nitrogens is 1. The Morgan fingerprint density at radius 3 is 1.71 bits per heavy atom. The average molecular weight is 660 g/mol. The van der Waals surface area contributed by atoms with Gasteiger partial charge >= 0.3 is 0 Å². The summed E-state index contributed by atoms with van der Waals surface area (Å²) in [5.41, 5.74) is 3.83. The van der Waals surface area contributed by atoms with Crippen molar-refractivity contribution < 1.29 is 27.0 Å². The van der Waals surface area contributed by atoms with Gasteiger partial charge in [-0.1, -0.05) is 83.9 Å². The summed E-state index contributed by atoms with van der Waals surface area (Å²) >= 11 is 16.4. The lowest BCUT2D eigenvalue weighted by Gasteiger charge is -2.08. The summed E-state index contributed by atoms with van der Waals surface area (Å²) in [4.78, 5) is 2.29. The van der Waals surface area contributed by atoms with Gasteiger partial charge in [0.25, 0.3) is 0 Å². The molecule has 0 amide bonds. The Morgan fingerprint density at radius 1 is 0.643 bits per heavy atom. The molecule has 2 aromatic heterocycles. The molecule has 0 aliphatic carbocycles. The van der Waals surface area contributed by atoms with Gasteiger partial charge in [-0.3, -0.25) is 0 Å². The van der Waals surface area contributed by atoms with E-state index in [0.717, 1.165) is 67.5 Å². The first-order valence-electron chi connectivity index (χ1n) is 13.3. The zero-order valence-electron chi connectivity index (χ0n) is 23.0. The van der Waals surface area contributed by atoms with E-state index in [1.807, 2.05) is 48.5 Å². The molecule has 0 saturated carbocycles. The fourth-order valence-electron chi connectivity index (χ4n) is 3.92. The Bertz CT molecular complexity index is 1580. The minimum atomic E-state index is 0. The predicted octanol–water partition coefficient (Wildman–Crippen LogP) is 6.08. The van der Waals surface area contributed by atoms with E-state index in [2.05, 4.69) is 64.0 Å². The van der Waals surface area contributed by atoms with Crippen LogP contribution in [-0.2, 0) is 6.54 Å². The summed E-state index contributed by atoms with van der Waals surface area (Å²) < 4.78 is 9.86. The van der Waals surface area contributed by atoms with Crippen LogP contribution in [0.25, 0.3) is 21.5 Å². The summed E-state index contributed by atoms with van der Waals surface area (Å²) in [6, 6.07) is 32.4. The van der Waals surface area contributed by atoms with E-state index in [-0.39, 0.29) is 12.4 Å². The predicted molar refractivity (Wildman–Crippen MR) is 176 cm³/mol. The van der Waals surface area contributed by atoms with Crippen LogP contribution >= 0.6 is 46.7 Å². The van der Waals surface area contributed by atoms with Crippen molar-refractivity contribution in [3.05, 3.63) is 132 Å². The van der Waals surface area contributed by atoms with Crippen molar-refractivity contribution in [3.8, 4) is 0 Å². The monoisotopic (exact) mass is 658 g/mol. The van der Waals surface area contributed by atoms with Gasteiger partial charge in [-0.2, -0.15) is 0 Å². The molecule has 0 bridgehead atoms. The van der Waals surface area contributed by atoms with Crippen molar-refractivity contribution in [2.75, 3.05) is 24.6 Å². The molecular weight excluding hydrogens is 627 g/mol. The quantitative estimate of drug-likeness (QED) is 0.146. The van der Waals surface area contributed by atoms with E-state index < -0.39 is 0 Å². The summed E-state index contributed by atoms with van der Waals surface area (Å²) in [5, 5.41) is 9.71. The molecule has 6 rings (SSSR count). The normalized spacial score (nSPS) is 10.4. The molecule has 0 saturated heterocycles. The maximum atomic E-state index is 6.48. The van der Waals surface area contributed by atoms with Crippen molar-refractivity contribution in [1.29, 1.82) is 0 Å². The highest BCUT2D eigenvalue weighted by Crippen LogP contribution is 2.34. The molecule has 0 unspecified atom stereocenters. The molecule has 4 nitrogen and oxygen atoms in total. The van der Waals surface area contributed by atoms with Crippen LogP contribution in [0.5, 0.6) is 0 Å². The molecule has 0 atom stereocenters. The molecular formula is C33H33Cl3N2O2S2. The molecule has 4 N–H and O–H groups in total. The molecule has 0 aliphatic rings. The second-order valence-corrected chi connectivity index (χ2v) is 11.8. The van der Waals surface area contributed by atoms with Crippen molar-refractivity contribution in [3.63, 3.8) is 0 Å². The van der Waals surface area contributed by atoms with Gasteiger partial charge in [0.05, 0.1) is 41.9 Å². The van der Waals surface area contributed by atoms with Gasteiger partial charge < -0.3 is 32.3 Å². The lowest BCUT2D eigenvalue weighted by Crippen LogP contribution is -3.00. The molecule has 0 spiro atoms. The third-order valence-corrected chi connectivity index (χ3v) is 9.14. The van der Waals surface area contributed by atoms with Gasteiger partial charge in [-0.25, -0.2) is 0 Å². The molecule has 9 heteroatoms. The van der Waals surface area contributed by atoms with Crippen LogP contribution in [0.15, 0.2) is 134 Å². The topological polar surface area (TPSA) is 66.0 Å². The number of rotatable bonds is 9. The van der Waals surface area contributed by atoms with Crippen molar-refractivity contribution in [1.82, 2.24) is 5.32 Å². The van der Waals surface area contributed by atoms with Crippen LogP contribution in [0.3, 0.4) is 0 Å². The van der Waals surface area contributed by atoms with E-state index in [9.17, 15) is 0 Å². The van der Waals surface area contributed by atoms with Crippen LogP contribution in [0.4, 0.5) is 0 Å². The van der Waals surface area contributed by atoms with Gasteiger partial charge in [0.15, 0.2) is 0 Å². The third kappa shape index (κ3) is 10.3. The molecule has 42 heavy (non-hydrogen) atoms. The second-order valence-electron chi connectivity index (χ2n) is 8.80. The molecule has 6 aromatic rings. The van der Waals surface area contributed by atoms with E-state index >= 15 is 0 Å². The zero-order valence-corrected chi connectivity index (χ0v) is 26.9. The number of halogens is 3. The summed E-state index contributed by atoms with van der Waals surface area (Å²) in [7, 11) is 0. The molecule has 0 fully saturated rings. The molecule has 0 aliphatic heterocycles. The fraction of sp³-hybridized carbons (Fsp3) is 0.152. The second kappa shape index (κ2) is 18.9. The van der Waals surface area contributed by atoms with E-state index in [1.165, 1.54) is 10.8 Å². The van der Waals surface area contributed by atoms with Crippen LogP contribution in [0, 0.1) is 0 Å². The first-order chi connectivity index (χ1) is 20.2. The Labute approximate surface area is 271 Å². The first-order valence-corrected chi connectivity index (χ1v) is 16.0. The smallest absolute Gasteiger partial charge is 0.117 e. The Hall–Kier alpha value is -2.55. The minimum absolute atomic E-state index is 0.